The van der Waals surface area contributed by atoms with Crippen molar-refractivity contribution in [2.45, 2.75) is 29.8 Å². The monoisotopic (exact) mass is 359 g/mol. The Bertz CT molecular complexity index is 598. The van der Waals surface area contributed by atoms with Gasteiger partial charge in [0.05, 0.1) is 9.04 Å². The van der Waals surface area contributed by atoms with E-state index >= 15 is 0 Å². The standard InChI is InChI=1S/C12H14BrN3OS2/c1-2-7(14)11(8-3-4-9(13)18-8)19-12-15-6-5-10(17)16-12/h3-7,11H,2,14H2,1H3,(H,15,16,17). The molecule has 0 spiro atoms. The van der Waals surface area contributed by atoms with Crippen LogP contribution in [0.25, 0.3) is 0 Å². The number of aromatic amines is 1. The highest BCUT2D eigenvalue weighted by atomic mass is 79.9. The van der Waals surface area contributed by atoms with Crippen molar-refractivity contribution >= 4 is 39.0 Å². The van der Waals surface area contributed by atoms with Crippen LogP contribution in [0.3, 0.4) is 0 Å². The Labute approximate surface area is 128 Å². The second kappa shape index (κ2) is 6.69. The minimum absolute atomic E-state index is 0.0149. The molecule has 2 heterocycles. The van der Waals surface area contributed by atoms with Crippen LogP contribution in [0, 0.1) is 0 Å². The third-order valence-corrected chi connectivity index (χ3v) is 5.77. The molecule has 0 saturated carbocycles. The van der Waals surface area contributed by atoms with Crippen molar-refractivity contribution in [3.63, 3.8) is 0 Å². The van der Waals surface area contributed by atoms with E-state index in [0.717, 1.165) is 10.2 Å². The number of H-pyrrole nitrogens is 1. The van der Waals surface area contributed by atoms with Crippen LogP contribution in [0.15, 0.2) is 38.1 Å². The van der Waals surface area contributed by atoms with E-state index in [0.29, 0.717) is 5.16 Å². The lowest BCUT2D eigenvalue weighted by Crippen LogP contribution is -2.25. The summed E-state index contributed by atoms with van der Waals surface area (Å²) in [5.41, 5.74) is 6.05. The van der Waals surface area contributed by atoms with Crippen LogP contribution in [0.2, 0.25) is 0 Å². The minimum atomic E-state index is -0.145. The van der Waals surface area contributed by atoms with Gasteiger partial charge in [-0.15, -0.1) is 11.3 Å². The Morgan fingerprint density at radius 1 is 1.53 bits per heavy atom. The molecule has 0 aliphatic rings. The summed E-state index contributed by atoms with van der Waals surface area (Å²) in [6.07, 6.45) is 2.38. The predicted molar refractivity (Wildman–Crippen MR) is 83.7 cm³/mol. The fraction of sp³-hybridized carbons (Fsp3) is 0.333. The van der Waals surface area contributed by atoms with Gasteiger partial charge in [-0.2, -0.15) is 0 Å². The van der Waals surface area contributed by atoms with Crippen LogP contribution in [-0.4, -0.2) is 16.0 Å². The van der Waals surface area contributed by atoms with Crippen molar-refractivity contribution in [1.29, 1.82) is 0 Å². The van der Waals surface area contributed by atoms with Crippen LogP contribution in [0.4, 0.5) is 0 Å². The number of hydrogen-bond donors (Lipinski definition) is 2. The highest BCUT2D eigenvalue weighted by Crippen LogP contribution is 2.40. The van der Waals surface area contributed by atoms with Crippen LogP contribution >= 0.6 is 39.0 Å². The van der Waals surface area contributed by atoms with Gasteiger partial charge >= 0.3 is 0 Å². The first-order valence-corrected chi connectivity index (χ1v) is 8.32. The van der Waals surface area contributed by atoms with Crippen molar-refractivity contribution in [1.82, 2.24) is 9.97 Å². The Hall–Kier alpha value is -0.630. The second-order valence-corrected chi connectivity index (χ2v) is 7.62. The molecule has 19 heavy (non-hydrogen) atoms. The van der Waals surface area contributed by atoms with Gasteiger partial charge in [-0.05, 0) is 34.5 Å². The number of rotatable bonds is 5. The number of nitrogens with one attached hydrogen (secondary N) is 1. The lowest BCUT2D eigenvalue weighted by atomic mass is 10.1. The zero-order valence-electron chi connectivity index (χ0n) is 10.3. The van der Waals surface area contributed by atoms with Crippen molar-refractivity contribution in [2.75, 3.05) is 0 Å². The highest BCUT2D eigenvalue weighted by molar-refractivity contribution is 9.11. The van der Waals surface area contributed by atoms with Gasteiger partial charge in [0.15, 0.2) is 5.16 Å². The van der Waals surface area contributed by atoms with Gasteiger partial charge in [0.1, 0.15) is 0 Å². The third-order valence-electron chi connectivity index (χ3n) is 2.62. The second-order valence-electron chi connectivity index (χ2n) is 3.99. The number of thiophene rings is 1. The smallest absolute Gasteiger partial charge is 0.251 e. The fourth-order valence-corrected chi connectivity index (χ4v) is 4.44. The number of hydrogen-bond acceptors (Lipinski definition) is 5. The predicted octanol–water partition coefficient (Wildman–Crippen LogP) is 3.16. The number of aromatic nitrogens is 2. The number of nitrogens with two attached hydrogens (primary N) is 1. The lowest BCUT2D eigenvalue weighted by Gasteiger charge is -2.20. The first-order valence-electron chi connectivity index (χ1n) is 5.83. The largest absolute Gasteiger partial charge is 0.326 e. The summed E-state index contributed by atoms with van der Waals surface area (Å²) in [7, 11) is 0. The maximum absolute atomic E-state index is 11.3. The number of nitrogens with zero attached hydrogens (tertiary/aromatic N) is 1. The molecule has 102 valence electrons. The Morgan fingerprint density at radius 2 is 2.32 bits per heavy atom. The molecule has 0 aromatic carbocycles. The summed E-state index contributed by atoms with van der Waals surface area (Å²) in [5, 5.41) is 0.692. The molecule has 2 aromatic rings. The molecule has 0 aliphatic heterocycles. The van der Waals surface area contributed by atoms with Crippen LogP contribution in [0.5, 0.6) is 0 Å². The van der Waals surface area contributed by atoms with E-state index in [9.17, 15) is 4.79 Å². The van der Waals surface area contributed by atoms with Gasteiger partial charge in [0.25, 0.3) is 5.56 Å². The minimum Gasteiger partial charge on any atom is -0.326 e. The first kappa shape index (κ1) is 14.8. The van der Waals surface area contributed by atoms with Crippen molar-refractivity contribution in [3.05, 3.63) is 43.4 Å². The van der Waals surface area contributed by atoms with E-state index in [1.54, 1.807) is 11.3 Å². The molecule has 4 nitrogen and oxygen atoms in total. The molecule has 2 unspecified atom stereocenters. The van der Waals surface area contributed by atoms with E-state index in [-0.39, 0.29) is 16.9 Å². The van der Waals surface area contributed by atoms with E-state index in [2.05, 4.69) is 38.9 Å². The molecule has 0 radical (unpaired) electrons. The van der Waals surface area contributed by atoms with Gasteiger partial charge in [-0.3, -0.25) is 4.79 Å². The zero-order chi connectivity index (χ0) is 13.8. The summed E-state index contributed by atoms with van der Waals surface area (Å²) in [6, 6.07) is 5.49. The highest BCUT2D eigenvalue weighted by Gasteiger charge is 2.22. The maximum Gasteiger partial charge on any atom is 0.251 e. The summed E-state index contributed by atoms with van der Waals surface area (Å²) < 4.78 is 1.07. The molecule has 0 saturated heterocycles. The molecule has 7 heteroatoms. The van der Waals surface area contributed by atoms with E-state index in [4.69, 9.17) is 5.73 Å². The van der Waals surface area contributed by atoms with Crippen LogP contribution < -0.4 is 11.3 Å². The first-order chi connectivity index (χ1) is 9.10. The Kier molecular flexibility index (Phi) is 5.20. The van der Waals surface area contributed by atoms with Crippen molar-refractivity contribution < 1.29 is 0 Å². The van der Waals surface area contributed by atoms with E-state index < -0.39 is 0 Å². The maximum atomic E-state index is 11.3. The van der Waals surface area contributed by atoms with Crippen LogP contribution in [-0.2, 0) is 0 Å². The van der Waals surface area contributed by atoms with Crippen molar-refractivity contribution in [3.8, 4) is 0 Å². The molecule has 0 aliphatic carbocycles. The molecule has 0 bridgehead atoms. The molecule has 2 atom stereocenters. The van der Waals surface area contributed by atoms with E-state index in [1.807, 2.05) is 6.07 Å². The molecular formula is C12H14BrN3OS2. The Balaban J connectivity index is 2.26. The zero-order valence-corrected chi connectivity index (χ0v) is 13.5. The van der Waals surface area contributed by atoms with Gasteiger partial charge < -0.3 is 10.7 Å². The molecule has 0 amide bonds. The SMILES string of the molecule is CCC(N)C(Sc1nccc(=O)[nH]1)c1ccc(Br)s1. The number of halogens is 1. The fourth-order valence-electron chi connectivity index (χ4n) is 1.58. The topological polar surface area (TPSA) is 71.8 Å². The van der Waals surface area contributed by atoms with E-state index in [1.165, 1.54) is 28.9 Å². The molecule has 2 aromatic heterocycles. The summed E-state index contributed by atoms with van der Waals surface area (Å²) in [6.45, 7) is 2.06. The van der Waals surface area contributed by atoms with Gasteiger partial charge in [0, 0.05) is 23.2 Å². The third kappa shape index (κ3) is 3.92. The number of thioether (sulfide) groups is 1. The summed E-state index contributed by atoms with van der Waals surface area (Å²) >= 11 is 6.62. The van der Waals surface area contributed by atoms with Crippen LogP contribution in [0.1, 0.15) is 23.5 Å². The quantitative estimate of drug-likeness (QED) is 0.635. The molecule has 0 fully saturated rings. The molecule has 3 N–H and O–H groups in total. The molecule has 2 rings (SSSR count). The average molecular weight is 360 g/mol. The lowest BCUT2D eigenvalue weighted by molar-refractivity contribution is 0.638. The molecular weight excluding hydrogens is 346 g/mol. The van der Waals surface area contributed by atoms with Crippen molar-refractivity contribution in [2.24, 2.45) is 5.73 Å². The average Bonchev–Trinajstić information content (AvgIpc) is 2.81. The Morgan fingerprint density at radius 3 is 2.89 bits per heavy atom. The summed E-state index contributed by atoms with van der Waals surface area (Å²) in [5.74, 6) is 0. The normalized spacial score (nSPS) is 14.3. The van der Waals surface area contributed by atoms with Gasteiger partial charge in [-0.1, -0.05) is 18.7 Å². The van der Waals surface area contributed by atoms with Gasteiger partial charge in [-0.25, -0.2) is 4.98 Å². The van der Waals surface area contributed by atoms with Gasteiger partial charge in [0.2, 0.25) is 0 Å². The summed E-state index contributed by atoms with van der Waals surface area (Å²) in [4.78, 5) is 19.4.